The lowest BCUT2D eigenvalue weighted by Gasteiger charge is -2.14. The smallest absolute Gasteiger partial charge is 0.419 e. The Morgan fingerprint density at radius 1 is 1.15 bits per heavy atom. The summed E-state index contributed by atoms with van der Waals surface area (Å²) in [5.41, 5.74) is -0.286. The van der Waals surface area contributed by atoms with Crippen LogP contribution in [0.1, 0.15) is 11.1 Å². The lowest BCUT2D eigenvalue weighted by molar-refractivity contribution is -0.138. The van der Waals surface area contributed by atoms with Crippen LogP contribution in [0, 0.1) is 0 Å². The van der Waals surface area contributed by atoms with Gasteiger partial charge in [-0.15, -0.1) is 0 Å². The molecular weight excluding hydrogens is 403 g/mol. The molecule has 2 nitrogen and oxygen atoms in total. The van der Waals surface area contributed by atoms with Gasteiger partial charge in [-0.25, -0.2) is 0 Å². The summed E-state index contributed by atoms with van der Waals surface area (Å²) in [6.45, 7) is 0. The predicted octanol–water partition coefficient (Wildman–Crippen LogP) is 5.55. The quantitative estimate of drug-likeness (QED) is 0.619. The Kier molecular flexibility index (Phi) is 4.70. The Hall–Kier alpha value is -1.08. The zero-order valence-electron chi connectivity index (χ0n) is 9.92. The molecule has 20 heavy (non-hydrogen) atoms. The van der Waals surface area contributed by atoms with Crippen molar-refractivity contribution < 1.29 is 17.9 Å². The van der Waals surface area contributed by atoms with Gasteiger partial charge < -0.3 is 4.74 Å². The minimum atomic E-state index is -4.48. The molecule has 0 N–H and O–H groups in total. The average molecular weight is 411 g/mol. The monoisotopic (exact) mass is 409 g/mol. The Bertz CT molecular complexity index is 617. The van der Waals surface area contributed by atoms with Gasteiger partial charge >= 0.3 is 6.18 Å². The summed E-state index contributed by atoms with van der Waals surface area (Å²) in [5.74, 6) is -0.0152. The summed E-state index contributed by atoms with van der Waals surface area (Å²) in [6.07, 6.45) is -1.61. The first-order valence-electron chi connectivity index (χ1n) is 5.44. The molecule has 0 atom stereocenters. The summed E-state index contributed by atoms with van der Waals surface area (Å²) in [6, 6.07) is 5.49. The number of hydrogen-bond acceptors (Lipinski definition) is 2. The highest BCUT2D eigenvalue weighted by atomic mass is 79.9. The van der Waals surface area contributed by atoms with Crippen LogP contribution < -0.4 is 4.74 Å². The second-order valence-electron chi connectivity index (χ2n) is 3.90. The van der Waals surface area contributed by atoms with Gasteiger partial charge in [-0.05, 0) is 39.7 Å². The summed E-state index contributed by atoms with van der Waals surface area (Å²) in [5, 5.41) is 0.342. The largest absolute Gasteiger partial charge is 0.455 e. The topological polar surface area (TPSA) is 22.1 Å². The van der Waals surface area contributed by atoms with Gasteiger partial charge in [0.05, 0.1) is 11.8 Å². The Morgan fingerprint density at radius 3 is 2.50 bits per heavy atom. The minimum absolute atomic E-state index is 0.233. The number of ether oxygens (including phenoxy) is 1. The molecule has 0 spiro atoms. The van der Waals surface area contributed by atoms with Crippen LogP contribution in [0.3, 0.4) is 0 Å². The van der Waals surface area contributed by atoms with Gasteiger partial charge in [-0.3, -0.25) is 4.98 Å². The summed E-state index contributed by atoms with van der Waals surface area (Å²) in [7, 11) is 0. The first kappa shape index (κ1) is 15.3. The molecule has 0 unspecified atom stereocenters. The fourth-order valence-corrected chi connectivity index (χ4v) is 2.24. The van der Waals surface area contributed by atoms with E-state index >= 15 is 0 Å². The summed E-state index contributed by atoms with van der Waals surface area (Å²) in [4.78, 5) is 3.85. The number of nitrogens with zero attached hydrogens (tertiary/aromatic N) is 1. The third kappa shape index (κ3) is 3.73. The fraction of sp³-hybridized carbons (Fsp3) is 0.154. The second kappa shape index (κ2) is 6.13. The highest BCUT2D eigenvalue weighted by Crippen LogP contribution is 2.39. The maximum Gasteiger partial charge on any atom is 0.419 e. The van der Waals surface area contributed by atoms with E-state index < -0.39 is 11.7 Å². The Morgan fingerprint density at radius 2 is 1.90 bits per heavy atom. The van der Waals surface area contributed by atoms with Gasteiger partial charge in [0.25, 0.3) is 0 Å². The van der Waals surface area contributed by atoms with Gasteiger partial charge in [0.1, 0.15) is 11.5 Å². The highest BCUT2D eigenvalue weighted by Gasteiger charge is 2.34. The van der Waals surface area contributed by atoms with E-state index in [2.05, 4.69) is 36.8 Å². The SMILES string of the molecule is FC(F)(F)c1cc(CBr)ccc1Oc1cncc(Br)c1. The molecule has 0 aliphatic carbocycles. The van der Waals surface area contributed by atoms with Gasteiger partial charge in [0, 0.05) is 16.0 Å². The molecule has 106 valence electrons. The molecule has 0 saturated heterocycles. The van der Waals surface area contributed by atoms with Crippen molar-refractivity contribution in [1.82, 2.24) is 4.98 Å². The summed E-state index contributed by atoms with van der Waals surface area (Å²) >= 11 is 6.32. The van der Waals surface area contributed by atoms with Crippen LogP contribution in [0.4, 0.5) is 13.2 Å². The van der Waals surface area contributed by atoms with E-state index in [9.17, 15) is 13.2 Å². The number of aromatic nitrogens is 1. The molecule has 0 saturated carbocycles. The van der Waals surface area contributed by atoms with Crippen LogP contribution in [-0.4, -0.2) is 4.98 Å². The third-order valence-electron chi connectivity index (χ3n) is 2.41. The van der Waals surface area contributed by atoms with E-state index in [0.29, 0.717) is 15.4 Å². The molecular formula is C13H8Br2F3NO. The molecule has 2 rings (SSSR count). The normalized spacial score (nSPS) is 11.4. The lowest BCUT2D eigenvalue weighted by atomic mass is 10.1. The molecule has 0 bridgehead atoms. The van der Waals surface area contributed by atoms with E-state index in [4.69, 9.17) is 4.74 Å². The molecule has 0 aliphatic rings. The highest BCUT2D eigenvalue weighted by molar-refractivity contribution is 9.10. The van der Waals surface area contributed by atoms with Crippen LogP contribution in [0.25, 0.3) is 0 Å². The molecule has 0 fully saturated rings. The number of pyridine rings is 1. The molecule has 1 heterocycles. The number of hydrogen-bond donors (Lipinski definition) is 0. The molecule has 1 aromatic carbocycles. The van der Waals surface area contributed by atoms with Crippen molar-refractivity contribution in [2.24, 2.45) is 0 Å². The van der Waals surface area contributed by atoms with Crippen molar-refractivity contribution >= 4 is 31.9 Å². The molecule has 0 amide bonds. The van der Waals surface area contributed by atoms with Gasteiger partial charge in [-0.1, -0.05) is 22.0 Å². The average Bonchev–Trinajstić information content (AvgIpc) is 2.38. The standard InChI is InChI=1S/C13H8Br2F3NO/c14-5-8-1-2-12(11(3-8)13(16,17)18)20-10-4-9(15)6-19-7-10/h1-4,6-7H,5H2. The summed E-state index contributed by atoms with van der Waals surface area (Å²) < 4.78 is 45.0. The van der Waals surface area contributed by atoms with Crippen LogP contribution >= 0.6 is 31.9 Å². The van der Waals surface area contributed by atoms with Crippen molar-refractivity contribution in [3.63, 3.8) is 0 Å². The predicted molar refractivity (Wildman–Crippen MR) is 76.1 cm³/mol. The molecule has 2 aromatic rings. The van der Waals surface area contributed by atoms with Crippen LogP contribution in [0.15, 0.2) is 41.1 Å². The van der Waals surface area contributed by atoms with Crippen molar-refractivity contribution in [2.75, 3.05) is 0 Å². The van der Waals surface area contributed by atoms with Crippen molar-refractivity contribution in [1.29, 1.82) is 0 Å². The van der Waals surface area contributed by atoms with E-state index in [1.54, 1.807) is 12.1 Å². The first-order chi connectivity index (χ1) is 9.40. The lowest BCUT2D eigenvalue weighted by Crippen LogP contribution is -2.07. The minimum Gasteiger partial charge on any atom is -0.455 e. The number of alkyl halides is 4. The fourth-order valence-electron chi connectivity index (χ4n) is 1.55. The molecule has 7 heteroatoms. The molecule has 0 aliphatic heterocycles. The number of benzene rings is 1. The maximum absolute atomic E-state index is 13.0. The molecule has 1 aromatic heterocycles. The number of rotatable bonds is 3. The Balaban J connectivity index is 2.41. The van der Waals surface area contributed by atoms with Crippen LogP contribution in [0.5, 0.6) is 11.5 Å². The van der Waals surface area contributed by atoms with E-state index in [1.165, 1.54) is 18.5 Å². The zero-order chi connectivity index (χ0) is 14.8. The van der Waals surface area contributed by atoms with Gasteiger partial charge in [-0.2, -0.15) is 13.2 Å². The Labute approximate surface area is 130 Å². The van der Waals surface area contributed by atoms with Crippen molar-refractivity contribution in [3.8, 4) is 11.5 Å². The zero-order valence-corrected chi connectivity index (χ0v) is 13.1. The third-order valence-corrected chi connectivity index (χ3v) is 3.49. The van der Waals surface area contributed by atoms with Crippen molar-refractivity contribution in [3.05, 3.63) is 52.3 Å². The van der Waals surface area contributed by atoms with Crippen LogP contribution in [0.2, 0.25) is 0 Å². The van der Waals surface area contributed by atoms with E-state index in [0.717, 1.165) is 6.07 Å². The van der Waals surface area contributed by atoms with Gasteiger partial charge in [0.2, 0.25) is 0 Å². The van der Waals surface area contributed by atoms with Crippen LogP contribution in [-0.2, 0) is 11.5 Å². The number of halogens is 5. The van der Waals surface area contributed by atoms with E-state index in [-0.39, 0.29) is 11.5 Å². The van der Waals surface area contributed by atoms with E-state index in [1.807, 2.05) is 0 Å². The first-order valence-corrected chi connectivity index (χ1v) is 7.36. The maximum atomic E-state index is 13.0. The molecule has 0 radical (unpaired) electrons. The van der Waals surface area contributed by atoms with Crippen molar-refractivity contribution in [2.45, 2.75) is 11.5 Å². The van der Waals surface area contributed by atoms with Gasteiger partial charge in [0.15, 0.2) is 0 Å². The second-order valence-corrected chi connectivity index (χ2v) is 5.38.